The Bertz CT molecular complexity index is 330. The van der Waals surface area contributed by atoms with E-state index in [0.717, 1.165) is 6.42 Å². The number of ether oxygens (including phenoxy) is 1. The molecule has 1 spiro atoms. The summed E-state index contributed by atoms with van der Waals surface area (Å²) in [5.41, 5.74) is 1.59. The molecule has 2 fully saturated rings. The van der Waals surface area contributed by atoms with Crippen LogP contribution in [0.3, 0.4) is 0 Å². The zero-order chi connectivity index (χ0) is 11.6. The first-order valence-electron chi connectivity index (χ1n) is 6.23. The second kappa shape index (κ2) is 4.44. The summed E-state index contributed by atoms with van der Waals surface area (Å²) in [5, 5.41) is 0. The number of esters is 1. The fourth-order valence-electron chi connectivity index (χ4n) is 3.01. The average Bonchev–Trinajstić information content (AvgIpc) is 2.97. The minimum Gasteiger partial charge on any atom is -0.463 e. The molecule has 0 bridgehead atoms. The van der Waals surface area contributed by atoms with E-state index < -0.39 is 0 Å². The Balaban J connectivity index is 2.12. The van der Waals surface area contributed by atoms with Gasteiger partial charge in [0, 0.05) is 6.08 Å². The molecule has 16 heavy (non-hydrogen) atoms. The molecule has 0 aliphatic heterocycles. The summed E-state index contributed by atoms with van der Waals surface area (Å²) in [5.74, 6) is 0.418. The minimum absolute atomic E-state index is 0.173. The van der Waals surface area contributed by atoms with Crippen LogP contribution in [-0.4, -0.2) is 12.6 Å². The topological polar surface area (TPSA) is 26.3 Å². The average molecular weight is 220 g/mol. The zero-order valence-electron chi connectivity index (χ0n) is 10.00. The lowest BCUT2D eigenvalue weighted by atomic mass is 9.79. The Morgan fingerprint density at radius 3 is 3.06 bits per heavy atom. The summed E-state index contributed by atoms with van der Waals surface area (Å²) in [4.78, 5) is 11.5. The van der Waals surface area contributed by atoms with Crippen LogP contribution in [0.5, 0.6) is 0 Å². The third-order valence-electron chi connectivity index (χ3n) is 3.96. The first kappa shape index (κ1) is 11.4. The maximum absolute atomic E-state index is 11.5. The lowest BCUT2D eigenvalue weighted by Crippen LogP contribution is -2.15. The maximum Gasteiger partial charge on any atom is 0.330 e. The van der Waals surface area contributed by atoms with E-state index >= 15 is 0 Å². The highest BCUT2D eigenvalue weighted by molar-refractivity contribution is 5.83. The van der Waals surface area contributed by atoms with E-state index in [1.165, 1.54) is 31.3 Å². The van der Waals surface area contributed by atoms with Crippen LogP contribution >= 0.6 is 0 Å². The lowest BCUT2D eigenvalue weighted by Gasteiger charge is -2.26. The number of carbonyl (C=O) groups excluding carboxylic acids is 1. The third-order valence-corrected chi connectivity index (χ3v) is 3.96. The lowest BCUT2D eigenvalue weighted by molar-refractivity contribution is -0.137. The maximum atomic E-state index is 11.5. The molecular weight excluding hydrogens is 200 g/mol. The fourth-order valence-corrected chi connectivity index (χ4v) is 3.01. The predicted octanol–water partition coefficient (Wildman–Crippen LogP) is 3.24. The van der Waals surface area contributed by atoms with Gasteiger partial charge in [0.05, 0.1) is 6.61 Å². The van der Waals surface area contributed by atoms with Crippen molar-refractivity contribution in [2.24, 2.45) is 11.3 Å². The summed E-state index contributed by atoms with van der Waals surface area (Å²) in [6.07, 6.45) is 9.73. The Morgan fingerprint density at radius 2 is 2.44 bits per heavy atom. The van der Waals surface area contributed by atoms with Gasteiger partial charge in [-0.3, -0.25) is 0 Å². The highest BCUT2D eigenvalue weighted by atomic mass is 16.5. The molecule has 2 aliphatic rings. The summed E-state index contributed by atoms with van der Waals surface area (Å²) in [7, 11) is 0. The second-order valence-corrected chi connectivity index (χ2v) is 4.83. The van der Waals surface area contributed by atoms with Crippen LogP contribution in [0.4, 0.5) is 0 Å². The molecule has 2 nitrogen and oxygen atoms in total. The molecule has 0 N–H and O–H groups in total. The molecule has 88 valence electrons. The highest BCUT2D eigenvalue weighted by Crippen LogP contribution is 2.64. The number of carbonyl (C=O) groups is 1. The minimum atomic E-state index is -0.173. The number of hydrogen-bond acceptors (Lipinski definition) is 2. The van der Waals surface area contributed by atoms with E-state index in [1.807, 2.05) is 13.0 Å². The van der Waals surface area contributed by atoms with Crippen LogP contribution in [0.2, 0.25) is 0 Å². The molecule has 0 unspecified atom stereocenters. The van der Waals surface area contributed by atoms with Crippen molar-refractivity contribution in [3.8, 4) is 0 Å². The van der Waals surface area contributed by atoms with Gasteiger partial charge in [-0.15, -0.1) is 6.58 Å². The molecular formula is C14H20O2. The van der Waals surface area contributed by atoms with Gasteiger partial charge in [-0.2, -0.15) is 0 Å². The van der Waals surface area contributed by atoms with E-state index in [4.69, 9.17) is 4.74 Å². The Morgan fingerprint density at radius 1 is 1.62 bits per heavy atom. The van der Waals surface area contributed by atoms with Crippen LogP contribution in [0, 0.1) is 11.3 Å². The molecule has 2 atom stereocenters. The highest BCUT2D eigenvalue weighted by Gasteiger charge is 2.54. The molecule has 0 amide bonds. The number of hydrogen-bond donors (Lipinski definition) is 0. The van der Waals surface area contributed by atoms with Gasteiger partial charge in [-0.1, -0.05) is 18.1 Å². The van der Waals surface area contributed by atoms with Gasteiger partial charge in [0.15, 0.2) is 0 Å². The summed E-state index contributed by atoms with van der Waals surface area (Å²) >= 11 is 0. The SMILES string of the molecule is C=C[C@@H]1C[C@@]12CCCC/C2=C\C(=O)OCC. The Kier molecular flexibility index (Phi) is 3.17. The first-order valence-corrected chi connectivity index (χ1v) is 6.23. The molecule has 2 saturated carbocycles. The van der Waals surface area contributed by atoms with Gasteiger partial charge in [-0.05, 0) is 43.9 Å². The summed E-state index contributed by atoms with van der Waals surface area (Å²) in [6.45, 7) is 6.18. The largest absolute Gasteiger partial charge is 0.463 e. The van der Waals surface area contributed by atoms with E-state index in [1.54, 1.807) is 6.08 Å². The fraction of sp³-hybridized carbons (Fsp3) is 0.643. The van der Waals surface area contributed by atoms with Gasteiger partial charge in [0.2, 0.25) is 0 Å². The third kappa shape index (κ3) is 1.93. The quantitative estimate of drug-likeness (QED) is 0.414. The molecule has 0 aromatic carbocycles. The predicted molar refractivity (Wildman–Crippen MR) is 63.9 cm³/mol. The second-order valence-electron chi connectivity index (χ2n) is 4.83. The Hall–Kier alpha value is -1.05. The van der Waals surface area contributed by atoms with Crippen LogP contribution in [0.25, 0.3) is 0 Å². The van der Waals surface area contributed by atoms with Crippen molar-refractivity contribution < 1.29 is 9.53 Å². The van der Waals surface area contributed by atoms with Crippen LogP contribution in [-0.2, 0) is 9.53 Å². The summed E-state index contributed by atoms with van der Waals surface area (Å²) in [6, 6.07) is 0. The van der Waals surface area contributed by atoms with Crippen molar-refractivity contribution in [2.75, 3.05) is 6.61 Å². The molecule has 0 radical (unpaired) electrons. The molecule has 2 rings (SSSR count). The molecule has 0 heterocycles. The van der Waals surface area contributed by atoms with Gasteiger partial charge >= 0.3 is 5.97 Å². The smallest absolute Gasteiger partial charge is 0.330 e. The standard InChI is InChI=1S/C14H20O2/c1-3-11-10-14(11)8-6-5-7-12(14)9-13(15)16-4-2/h3,9,11H,1,4-8,10H2,2H3/b12-9+/t11-,14+/m1/s1. The van der Waals surface area contributed by atoms with Crippen molar-refractivity contribution in [1.29, 1.82) is 0 Å². The van der Waals surface area contributed by atoms with Crippen LogP contribution in [0.1, 0.15) is 39.0 Å². The van der Waals surface area contributed by atoms with Crippen molar-refractivity contribution >= 4 is 5.97 Å². The van der Waals surface area contributed by atoms with Crippen molar-refractivity contribution in [2.45, 2.75) is 39.0 Å². The van der Waals surface area contributed by atoms with Gasteiger partial charge in [0.1, 0.15) is 0 Å². The van der Waals surface area contributed by atoms with Crippen LogP contribution in [0.15, 0.2) is 24.3 Å². The monoisotopic (exact) mass is 220 g/mol. The van der Waals surface area contributed by atoms with Gasteiger partial charge in [-0.25, -0.2) is 4.79 Å². The van der Waals surface area contributed by atoms with E-state index in [2.05, 4.69) is 6.58 Å². The number of rotatable bonds is 3. The Labute approximate surface area is 97.4 Å². The molecule has 2 aliphatic carbocycles. The van der Waals surface area contributed by atoms with E-state index in [9.17, 15) is 4.79 Å². The van der Waals surface area contributed by atoms with Gasteiger partial charge < -0.3 is 4.74 Å². The molecule has 0 aromatic rings. The van der Waals surface area contributed by atoms with Crippen LogP contribution < -0.4 is 0 Å². The number of allylic oxidation sites excluding steroid dienone is 2. The van der Waals surface area contributed by atoms with Crippen molar-refractivity contribution in [3.05, 3.63) is 24.3 Å². The van der Waals surface area contributed by atoms with E-state index in [0.29, 0.717) is 12.5 Å². The molecule has 0 aromatic heterocycles. The first-order chi connectivity index (χ1) is 7.73. The van der Waals surface area contributed by atoms with Crippen molar-refractivity contribution in [3.63, 3.8) is 0 Å². The van der Waals surface area contributed by atoms with E-state index in [-0.39, 0.29) is 11.4 Å². The molecule has 2 heteroatoms. The summed E-state index contributed by atoms with van der Waals surface area (Å²) < 4.78 is 4.99. The molecule has 0 saturated heterocycles. The zero-order valence-corrected chi connectivity index (χ0v) is 10.00. The van der Waals surface area contributed by atoms with Gasteiger partial charge in [0.25, 0.3) is 0 Å². The normalized spacial score (nSPS) is 35.1. The van der Waals surface area contributed by atoms with Crippen molar-refractivity contribution in [1.82, 2.24) is 0 Å².